The van der Waals surface area contributed by atoms with Crippen LogP contribution in [0, 0.1) is 0 Å². The zero-order valence-electron chi connectivity index (χ0n) is 10.3. The smallest absolute Gasteiger partial charge is 0.327 e. The van der Waals surface area contributed by atoms with Crippen LogP contribution in [0.25, 0.3) is 0 Å². The van der Waals surface area contributed by atoms with E-state index >= 15 is 0 Å². The summed E-state index contributed by atoms with van der Waals surface area (Å²) in [6.07, 6.45) is 0. The van der Waals surface area contributed by atoms with E-state index in [2.05, 4.69) is 4.90 Å². The molecule has 0 radical (unpaired) electrons. The Balaban J connectivity index is 2.23. The molecular formula is C13H16ClNO3. The van der Waals surface area contributed by atoms with Crippen LogP contribution in [0.1, 0.15) is 11.6 Å². The fourth-order valence-electron chi connectivity index (χ4n) is 2.09. The molecule has 2 rings (SSSR count). The van der Waals surface area contributed by atoms with Crippen LogP contribution in [0.5, 0.6) is 0 Å². The minimum absolute atomic E-state index is 0.251. The Labute approximate surface area is 111 Å². The molecule has 0 N–H and O–H groups in total. The van der Waals surface area contributed by atoms with Gasteiger partial charge in [0.15, 0.2) is 0 Å². The van der Waals surface area contributed by atoms with Crippen LogP contribution in [0.2, 0.25) is 5.02 Å². The molecule has 98 valence electrons. The van der Waals surface area contributed by atoms with Crippen molar-refractivity contribution in [2.45, 2.75) is 6.04 Å². The summed E-state index contributed by atoms with van der Waals surface area (Å²) in [6.45, 7) is 2.73. The molecule has 0 saturated carbocycles. The number of halogens is 1. The van der Waals surface area contributed by atoms with Gasteiger partial charge in [0.05, 0.1) is 20.3 Å². The van der Waals surface area contributed by atoms with E-state index in [0.717, 1.165) is 18.7 Å². The molecule has 1 unspecified atom stereocenters. The summed E-state index contributed by atoms with van der Waals surface area (Å²) in [5.74, 6) is -0.251. The summed E-state index contributed by atoms with van der Waals surface area (Å²) < 4.78 is 10.2. The Morgan fingerprint density at radius 3 is 2.50 bits per heavy atom. The van der Waals surface area contributed by atoms with Gasteiger partial charge < -0.3 is 9.47 Å². The summed E-state index contributed by atoms with van der Waals surface area (Å²) >= 11 is 5.87. The summed E-state index contributed by atoms with van der Waals surface area (Å²) in [5.41, 5.74) is 0.896. The fraction of sp³-hybridized carbons (Fsp3) is 0.462. The molecule has 4 nitrogen and oxygen atoms in total. The first-order chi connectivity index (χ1) is 8.72. The topological polar surface area (TPSA) is 38.8 Å². The molecule has 1 saturated heterocycles. The van der Waals surface area contributed by atoms with E-state index < -0.39 is 0 Å². The zero-order chi connectivity index (χ0) is 13.0. The minimum atomic E-state index is -0.379. The van der Waals surface area contributed by atoms with Crippen molar-refractivity contribution in [2.75, 3.05) is 33.4 Å². The third-order valence-electron chi connectivity index (χ3n) is 3.02. The Bertz CT molecular complexity index is 401. The molecule has 1 heterocycles. The Hall–Kier alpha value is -1.10. The number of carbonyl (C=O) groups is 1. The van der Waals surface area contributed by atoms with Crippen LogP contribution in [-0.4, -0.2) is 44.3 Å². The highest BCUT2D eigenvalue weighted by Gasteiger charge is 2.29. The Kier molecular flexibility index (Phi) is 4.58. The van der Waals surface area contributed by atoms with E-state index in [1.807, 2.05) is 12.1 Å². The first kappa shape index (κ1) is 13.3. The average molecular weight is 270 g/mol. The molecule has 0 aliphatic carbocycles. The van der Waals surface area contributed by atoms with E-state index in [9.17, 15) is 4.79 Å². The van der Waals surface area contributed by atoms with Crippen LogP contribution in [0.4, 0.5) is 0 Å². The first-order valence-electron chi connectivity index (χ1n) is 5.87. The summed E-state index contributed by atoms with van der Waals surface area (Å²) in [5, 5.41) is 0.657. The monoisotopic (exact) mass is 269 g/mol. The lowest BCUT2D eigenvalue weighted by atomic mass is 10.1. The van der Waals surface area contributed by atoms with Gasteiger partial charge in [0.2, 0.25) is 0 Å². The molecule has 0 spiro atoms. The number of esters is 1. The number of carbonyl (C=O) groups excluding carboxylic acids is 1. The van der Waals surface area contributed by atoms with Crippen molar-refractivity contribution in [1.29, 1.82) is 0 Å². The lowest BCUT2D eigenvalue weighted by Crippen LogP contribution is -2.42. The standard InChI is InChI=1S/C13H16ClNO3/c1-17-13(16)12(15-6-8-18-9-7-15)10-2-4-11(14)5-3-10/h2-5,12H,6-9H2,1H3. The van der Waals surface area contributed by atoms with Crippen molar-refractivity contribution in [3.63, 3.8) is 0 Å². The van der Waals surface area contributed by atoms with Crippen molar-refractivity contribution >= 4 is 17.6 Å². The Morgan fingerprint density at radius 2 is 1.94 bits per heavy atom. The number of ether oxygens (including phenoxy) is 2. The predicted octanol–water partition coefficient (Wildman–Crippen LogP) is 1.89. The van der Waals surface area contributed by atoms with Crippen molar-refractivity contribution in [1.82, 2.24) is 4.90 Å². The molecule has 1 fully saturated rings. The van der Waals surface area contributed by atoms with Crippen LogP contribution in [0.3, 0.4) is 0 Å². The van der Waals surface area contributed by atoms with Gasteiger partial charge >= 0.3 is 5.97 Å². The third kappa shape index (κ3) is 3.02. The van der Waals surface area contributed by atoms with Crippen molar-refractivity contribution in [2.24, 2.45) is 0 Å². The maximum Gasteiger partial charge on any atom is 0.327 e. The lowest BCUT2D eigenvalue weighted by Gasteiger charge is -2.32. The summed E-state index contributed by atoms with van der Waals surface area (Å²) in [4.78, 5) is 14.0. The van der Waals surface area contributed by atoms with Crippen molar-refractivity contribution in [3.8, 4) is 0 Å². The molecule has 1 aromatic carbocycles. The number of benzene rings is 1. The van der Waals surface area contributed by atoms with Gasteiger partial charge in [0.25, 0.3) is 0 Å². The molecule has 1 atom stereocenters. The predicted molar refractivity (Wildman–Crippen MR) is 68.6 cm³/mol. The van der Waals surface area contributed by atoms with Gasteiger partial charge in [0, 0.05) is 18.1 Å². The lowest BCUT2D eigenvalue weighted by molar-refractivity contribution is -0.149. The van der Waals surface area contributed by atoms with Crippen LogP contribution >= 0.6 is 11.6 Å². The molecular weight excluding hydrogens is 254 g/mol. The molecule has 0 bridgehead atoms. The van der Waals surface area contributed by atoms with Crippen LogP contribution in [0.15, 0.2) is 24.3 Å². The maximum atomic E-state index is 12.0. The molecule has 0 aromatic heterocycles. The van der Waals surface area contributed by atoms with Gasteiger partial charge in [-0.15, -0.1) is 0 Å². The molecule has 1 aromatic rings. The number of rotatable bonds is 3. The van der Waals surface area contributed by atoms with Gasteiger partial charge in [-0.05, 0) is 17.7 Å². The van der Waals surface area contributed by atoms with Crippen LogP contribution in [-0.2, 0) is 14.3 Å². The second kappa shape index (κ2) is 6.18. The second-order valence-corrected chi connectivity index (χ2v) is 4.56. The molecule has 1 aliphatic rings. The number of hydrogen-bond donors (Lipinski definition) is 0. The molecule has 1 aliphatic heterocycles. The SMILES string of the molecule is COC(=O)C(c1ccc(Cl)cc1)N1CCOCC1. The second-order valence-electron chi connectivity index (χ2n) is 4.13. The zero-order valence-corrected chi connectivity index (χ0v) is 11.0. The maximum absolute atomic E-state index is 12.0. The molecule has 0 amide bonds. The van der Waals surface area contributed by atoms with Crippen molar-refractivity contribution in [3.05, 3.63) is 34.9 Å². The first-order valence-corrected chi connectivity index (χ1v) is 6.25. The third-order valence-corrected chi connectivity index (χ3v) is 3.27. The van der Waals surface area contributed by atoms with E-state index in [1.165, 1.54) is 7.11 Å². The number of nitrogens with zero attached hydrogens (tertiary/aromatic N) is 1. The van der Waals surface area contributed by atoms with E-state index in [4.69, 9.17) is 21.1 Å². The van der Waals surface area contributed by atoms with Gasteiger partial charge in [-0.2, -0.15) is 0 Å². The summed E-state index contributed by atoms with van der Waals surface area (Å²) in [6, 6.07) is 6.91. The number of methoxy groups -OCH3 is 1. The normalized spacial score (nSPS) is 18.3. The largest absolute Gasteiger partial charge is 0.468 e. The minimum Gasteiger partial charge on any atom is -0.468 e. The highest BCUT2D eigenvalue weighted by Crippen LogP contribution is 2.24. The fourth-order valence-corrected chi connectivity index (χ4v) is 2.21. The number of morpholine rings is 1. The number of hydrogen-bond acceptors (Lipinski definition) is 4. The van der Waals surface area contributed by atoms with Gasteiger partial charge in [-0.3, -0.25) is 4.90 Å². The van der Waals surface area contributed by atoms with Gasteiger partial charge in [-0.25, -0.2) is 4.79 Å². The van der Waals surface area contributed by atoms with E-state index in [1.54, 1.807) is 12.1 Å². The summed E-state index contributed by atoms with van der Waals surface area (Å²) in [7, 11) is 1.41. The quantitative estimate of drug-likeness (QED) is 0.786. The van der Waals surface area contributed by atoms with Gasteiger partial charge in [-0.1, -0.05) is 23.7 Å². The van der Waals surface area contributed by atoms with Crippen molar-refractivity contribution < 1.29 is 14.3 Å². The van der Waals surface area contributed by atoms with E-state index in [-0.39, 0.29) is 12.0 Å². The van der Waals surface area contributed by atoms with Crippen LogP contribution < -0.4 is 0 Å². The highest BCUT2D eigenvalue weighted by molar-refractivity contribution is 6.30. The highest BCUT2D eigenvalue weighted by atomic mass is 35.5. The average Bonchev–Trinajstić information content (AvgIpc) is 2.42. The molecule has 18 heavy (non-hydrogen) atoms. The molecule has 5 heteroatoms. The Morgan fingerprint density at radius 1 is 1.33 bits per heavy atom. The van der Waals surface area contributed by atoms with Gasteiger partial charge in [0.1, 0.15) is 6.04 Å². The van der Waals surface area contributed by atoms with E-state index in [0.29, 0.717) is 18.2 Å².